The number of anilines is 1. The summed E-state index contributed by atoms with van der Waals surface area (Å²) in [7, 11) is 0. The molecule has 0 bridgehead atoms. The van der Waals surface area contributed by atoms with Crippen LogP contribution in [0.3, 0.4) is 0 Å². The number of rotatable bonds is 6. The molecule has 4 rings (SSSR count). The molecule has 0 aromatic carbocycles. The van der Waals surface area contributed by atoms with Gasteiger partial charge < -0.3 is 16.0 Å². The van der Waals surface area contributed by atoms with Gasteiger partial charge in [0.05, 0.1) is 11.1 Å². The fourth-order valence-corrected chi connectivity index (χ4v) is 5.79. The van der Waals surface area contributed by atoms with Crippen LogP contribution < -0.4 is 11.1 Å². The molecule has 140 valence electrons. The number of aryl methyl sites for hydroxylation is 2. The second kappa shape index (κ2) is 8.10. The Morgan fingerprint density at radius 2 is 2.04 bits per heavy atom. The Bertz CT molecular complexity index is 800. The molecular formula is C18H25N5OS2. The first-order valence-electron chi connectivity index (χ1n) is 9.40. The molecule has 0 unspecified atom stereocenters. The third-order valence-corrected chi connectivity index (χ3v) is 7.14. The van der Waals surface area contributed by atoms with Crippen molar-refractivity contribution >= 4 is 45.0 Å². The molecule has 1 amide bonds. The predicted octanol–water partition coefficient (Wildman–Crippen LogP) is 2.46. The number of piperidine rings is 1. The van der Waals surface area contributed by atoms with Crippen LogP contribution in [0.2, 0.25) is 0 Å². The molecule has 0 saturated carbocycles. The number of hydrogen-bond acceptors (Lipinski definition) is 7. The zero-order valence-corrected chi connectivity index (χ0v) is 16.6. The molecule has 26 heavy (non-hydrogen) atoms. The van der Waals surface area contributed by atoms with Crippen molar-refractivity contribution in [3.8, 4) is 0 Å². The Kier molecular flexibility index (Phi) is 5.61. The maximum absolute atomic E-state index is 12.1. The molecule has 3 N–H and O–H groups in total. The Morgan fingerprint density at radius 1 is 1.19 bits per heavy atom. The van der Waals surface area contributed by atoms with Gasteiger partial charge in [0.25, 0.3) is 0 Å². The van der Waals surface area contributed by atoms with Gasteiger partial charge in [0.1, 0.15) is 10.6 Å². The van der Waals surface area contributed by atoms with E-state index in [4.69, 9.17) is 5.73 Å². The molecule has 8 heteroatoms. The highest BCUT2D eigenvalue weighted by atomic mass is 32.2. The monoisotopic (exact) mass is 391 g/mol. The fraction of sp³-hybridized carbons (Fsp3) is 0.611. The van der Waals surface area contributed by atoms with Crippen LogP contribution in [-0.4, -0.2) is 52.7 Å². The van der Waals surface area contributed by atoms with Crippen molar-refractivity contribution in [1.29, 1.82) is 0 Å². The van der Waals surface area contributed by atoms with Crippen LogP contribution in [0.1, 0.15) is 36.1 Å². The van der Waals surface area contributed by atoms with Crippen molar-refractivity contribution in [2.75, 3.05) is 37.7 Å². The van der Waals surface area contributed by atoms with Crippen LogP contribution in [0.5, 0.6) is 0 Å². The quantitative estimate of drug-likeness (QED) is 0.581. The van der Waals surface area contributed by atoms with Crippen molar-refractivity contribution in [3.05, 3.63) is 10.4 Å². The average Bonchev–Trinajstić information content (AvgIpc) is 3.21. The van der Waals surface area contributed by atoms with Gasteiger partial charge >= 0.3 is 0 Å². The standard InChI is InChI=1S/C18H25N5OS2/c19-16-15-12-5-4-6-13(12)26-17(15)22-18(21-16)25-11-14(24)20-7-10-23-8-2-1-3-9-23/h1-11H2,(H,20,24)(H2,19,21,22). The molecule has 1 saturated heterocycles. The number of hydrogen-bond donors (Lipinski definition) is 2. The zero-order valence-electron chi connectivity index (χ0n) is 14.9. The highest BCUT2D eigenvalue weighted by Gasteiger charge is 2.21. The molecule has 2 aromatic rings. The van der Waals surface area contributed by atoms with E-state index in [0.717, 1.165) is 42.7 Å². The Hall–Kier alpha value is -1.38. The molecule has 1 aliphatic heterocycles. The first kappa shape index (κ1) is 18.0. The van der Waals surface area contributed by atoms with Crippen molar-refractivity contribution < 1.29 is 4.79 Å². The minimum absolute atomic E-state index is 0.0305. The normalized spacial score (nSPS) is 17.5. The molecular weight excluding hydrogens is 366 g/mol. The first-order valence-corrected chi connectivity index (χ1v) is 11.2. The van der Waals surface area contributed by atoms with E-state index in [0.29, 0.717) is 23.3 Å². The lowest BCUT2D eigenvalue weighted by Gasteiger charge is -2.26. The van der Waals surface area contributed by atoms with Crippen molar-refractivity contribution in [1.82, 2.24) is 20.2 Å². The van der Waals surface area contributed by atoms with E-state index in [1.165, 1.54) is 47.9 Å². The lowest BCUT2D eigenvalue weighted by Crippen LogP contribution is -2.38. The van der Waals surface area contributed by atoms with Crippen molar-refractivity contribution in [2.24, 2.45) is 0 Å². The number of aromatic nitrogens is 2. The van der Waals surface area contributed by atoms with Gasteiger partial charge in [-0.15, -0.1) is 11.3 Å². The van der Waals surface area contributed by atoms with E-state index in [-0.39, 0.29) is 5.91 Å². The Morgan fingerprint density at radius 3 is 2.88 bits per heavy atom. The summed E-state index contributed by atoms with van der Waals surface area (Å²) in [5.41, 5.74) is 7.52. The summed E-state index contributed by atoms with van der Waals surface area (Å²) in [6.45, 7) is 3.96. The maximum Gasteiger partial charge on any atom is 0.230 e. The van der Waals surface area contributed by atoms with Gasteiger partial charge in [-0.2, -0.15) is 0 Å². The Labute approximate surface area is 161 Å². The molecule has 6 nitrogen and oxygen atoms in total. The summed E-state index contributed by atoms with van der Waals surface area (Å²) >= 11 is 3.09. The van der Waals surface area contributed by atoms with Crippen molar-refractivity contribution in [3.63, 3.8) is 0 Å². The highest BCUT2D eigenvalue weighted by molar-refractivity contribution is 7.99. The van der Waals surface area contributed by atoms with Crippen LogP contribution >= 0.6 is 23.1 Å². The van der Waals surface area contributed by atoms with Crippen LogP contribution in [0.15, 0.2) is 5.16 Å². The SMILES string of the molecule is Nc1nc(SCC(=O)NCCN2CCCCC2)nc2sc3c(c12)CCC3. The number of nitrogens with two attached hydrogens (primary N) is 1. The predicted molar refractivity (Wildman–Crippen MR) is 108 cm³/mol. The van der Waals surface area contributed by atoms with E-state index in [1.54, 1.807) is 11.3 Å². The van der Waals surface area contributed by atoms with E-state index in [9.17, 15) is 4.79 Å². The summed E-state index contributed by atoms with van der Waals surface area (Å²) in [5, 5.41) is 4.64. The smallest absolute Gasteiger partial charge is 0.230 e. The maximum atomic E-state index is 12.1. The van der Waals surface area contributed by atoms with Gasteiger partial charge in [0, 0.05) is 18.0 Å². The van der Waals surface area contributed by atoms with Crippen LogP contribution in [0.4, 0.5) is 5.82 Å². The molecule has 0 spiro atoms. The lowest BCUT2D eigenvalue weighted by molar-refractivity contribution is -0.118. The molecule has 1 fully saturated rings. The van der Waals surface area contributed by atoms with Gasteiger partial charge in [-0.1, -0.05) is 18.2 Å². The molecule has 0 radical (unpaired) electrons. The largest absolute Gasteiger partial charge is 0.383 e. The van der Waals surface area contributed by atoms with Crippen molar-refractivity contribution in [2.45, 2.75) is 43.7 Å². The number of nitrogen functional groups attached to an aromatic ring is 1. The fourth-order valence-electron chi connectivity index (χ4n) is 3.79. The average molecular weight is 392 g/mol. The van der Waals surface area contributed by atoms with E-state index in [2.05, 4.69) is 20.2 Å². The van der Waals surface area contributed by atoms with E-state index < -0.39 is 0 Å². The number of carbonyl (C=O) groups is 1. The minimum atomic E-state index is 0.0305. The summed E-state index contributed by atoms with van der Waals surface area (Å²) in [4.78, 5) is 25.9. The summed E-state index contributed by atoms with van der Waals surface area (Å²) < 4.78 is 0. The number of thioether (sulfide) groups is 1. The molecule has 2 aromatic heterocycles. The van der Waals surface area contributed by atoms with E-state index in [1.807, 2.05) is 0 Å². The minimum Gasteiger partial charge on any atom is -0.383 e. The number of nitrogens with zero attached hydrogens (tertiary/aromatic N) is 3. The lowest BCUT2D eigenvalue weighted by atomic mass is 10.1. The molecule has 3 heterocycles. The number of likely N-dealkylation sites (tertiary alicyclic amines) is 1. The number of carbonyl (C=O) groups excluding carboxylic acids is 1. The topological polar surface area (TPSA) is 84.1 Å². The second-order valence-corrected chi connectivity index (χ2v) is 9.00. The van der Waals surface area contributed by atoms with Crippen LogP contribution in [-0.2, 0) is 17.6 Å². The first-order chi connectivity index (χ1) is 12.7. The van der Waals surface area contributed by atoms with Gasteiger partial charge in [0.2, 0.25) is 5.91 Å². The number of nitrogens with one attached hydrogen (secondary N) is 1. The van der Waals surface area contributed by atoms with Crippen LogP contribution in [0, 0.1) is 0 Å². The van der Waals surface area contributed by atoms with Gasteiger partial charge in [-0.3, -0.25) is 4.79 Å². The van der Waals surface area contributed by atoms with Crippen LogP contribution in [0.25, 0.3) is 10.2 Å². The third-order valence-electron chi connectivity index (χ3n) is 5.10. The highest BCUT2D eigenvalue weighted by Crippen LogP contribution is 2.39. The Balaban J connectivity index is 1.29. The second-order valence-electron chi connectivity index (χ2n) is 6.97. The summed E-state index contributed by atoms with van der Waals surface area (Å²) in [6.07, 6.45) is 7.28. The third kappa shape index (κ3) is 3.97. The summed E-state index contributed by atoms with van der Waals surface area (Å²) in [5.74, 6) is 0.918. The van der Waals surface area contributed by atoms with Gasteiger partial charge in [-0.25, -0.2) is 9.97 Å². The zero-order chi connectivity index (χ0) is 17.9. The molecule has 1 aliphatic carbocycles. The number of thiophene rings is 1. The van der Waals surface area contributed by atoms with Gasteiger partial charge in [-0.05, 0) is 50.8 Å². The number of fused-ring (bicyclic) bond motifs is 3. The summed E-state index contributed by atoms with van der Waals surface area (Å²) in [6, 6.07) is 0. The number of amides is 1. The molecule has 0 atom stereocenters. The molecule has 2 aliphatic rings. The van der Waals surface area contributed by atoms with Gasteiger partial charge in [0.15, 0.2) is 5.16 Å². The van der Waals surface area contributed by atoms with E-state index >= 15 is 0 Å².